The molecule has 4 bridgehead atoms. The molecule has 2 N–H and O–H groups in total. The first-order valence-corrected chi connectivity index (χ1v) is 21.9. The van der Waals surface area contributed by atoms with E-state index in [1.54, 1.807) is 47.8 Å². The van der Waals surface area contributed by atoms with Crippen molar-refractivity contribution in [1.82, 2.24) is 4.31 Å². The van der Waals surface area contributed by atoms with E-state index in [1.807, 2.05) is 23.6 Å². The Morgan fingerprint density at radius 3 is 2.47 bits per heavy atom. The van der Waals surface area contributed by atoms with Crippen LogP contribution in [0.25, 0.3) is 0 Å². The molecular weight excluding hydrogens is 703 g/mol. The third-order valence-corrected chi connectivity index (χ3v) is 17.4. The molecule has 3 aromatic rings. The summed E-state index contributed by atoms with van der Waals surface area (Å²) in [6.07, 6.45) is 9.16. The molecule has 7 nitrogen and oxygen atoms in total. The molecule has 4 fully saturated rings. The number of allylic oxidation sites excluding steroid dienone is 2. The van der Waals surface area contributed by atoms with E-state index in [2.05, 4.69) is 33.8 Å². The summed E-state index contributed by atoms with van der Waals surface area (Å²) in [5, 5.41) is 26.0. The Morgan fingerprint density at radius 2 is 1.79 bits per heavy atom. The lowest BCUT2D eigenvalue weighted by Crippen LogP contribution is -2.58. The quantitative estimate of drug-likeness (QED) is 0.167. The highest BCUT2D eigenvalue weighted by Crippen LogP contribution is 2.62. The molecule has 286 valence electrons. The number of thiophene rings is 1. The molecule has 7 unspecified atom stereocenters. The van der Waals surface area contributed by atoms with Crippen LogP contribution >= 0.6 is 11.3 Å². The summed E-state index contributed by atoms with van der Waals surface area (Å²) in [5.74, 6) is 1.77. The summed E-state index contributed by atoms with van der Waals surface area (Å²) in [7, 11) is -2.27. The number of sulfonamides is 1. The average Bonchev–Trinajstić information content (AvgIpc) is 3.78. The summed E-state index contributed by atoms with van der Waals surface area (Å²) >= 11 is 1.24. The molecule has 2 aromatic carbocycles. The normalized spacial score (nSPS) is 31.3. The van der Waals surface area contributed by atoms with Gasteiger partial charge in [0.25, 0.3) is 10.0 Å². The van der Waals surface area contributed by atoms with Gasteiger partial charge in [-0.1, -0.05) is 50.6 Å². The number of aliphatic hydroxyl groups excluding tert-OH is 1. The monoisotopic (exact) mass is 759 g/mol. The van der Waals surface area contributed by atoms with Gasteiger partial charge in [-0.25, -0.2) is 8.42 Å². The maximum Gasteiger partial charge on any atom is 0.252 e. The van der Waals surface area contributed by atoms with Crippen LogP contribution in [-0.4, -0.2) is 60.6 Å². The van der Waals surface area contributed by atoms with E-state index in [1.165, 1.54) is 16.9 Å². The second kappa shape index (κ2) is 14.7. The van der Waals surface area contributed by atoms with Crippen LogP contribution in [0, 0.1) is 28.6 Å². The van der Waals surface area contributed by atoms with Crippen LogP contribution in [0.4, 0.5) is 0 Å². The second-order valence-corrected chi connectivity index (χ2v) is 20.5. The van der Waals surface area contributed by atoms with Crippen LogP contribution in [0.1, 0.15) is 118 Å². The molecule has 53 heavy (non-hydrogen) atoms. The van der Waals surface area contributed by atoms with Crippen molar-refractivity contribution in [2.45, 2.75) is 114 Å². The van der Waals surface area contributed by atoms with E-state index >= 15 is 0 Å². The summed E-state index contributed by atoms with van der Waals surface area (Å²) in [6.45, 7) is 9.34. The fourth-order valence-corrected chi connectivity index (χ4v) is 13.3. The molecule has 7 atom stereocenters. The van der Waals surface area contributed by atoms with Gasteiger partial charge in [0.1, 0.15) is 9.96 Å². The van der Waals surface area contributed by atoms with Crippen LogP contribution in [0.3, 0.4) is 0 Å². The largest absolute Gasteiger partial charge is 0.497 e. The lowest BCUT2D eigenvalue weighted by molar-refractivity contribution is -0.114. The van der Waals surface area contributed by atoms with E-state index in [0.29, 0.717) is 78.0 Å². The minimum absolute atomic E-state index is 0.0159. The molecule has 9 heteroatoms. The summed E-state index contributed by atoms with van der Waals surface area (Å²) in [4.78, 5) is 14.5. The predicted molar refractivity (Wildman–Crippen MR) is 211 cm³/mol. The second-order valence-electron chi connectivity index (χ2n) is 17.4. The smallest absolute Gasteiger partial charge is 0.252 e. The molecule has 9 rings (SSSR count). The average molecular weight is 760 g/mol. The Kier molecular flexibility index (Phi) is 10.7. The van der Waals surface area contributed by atoms with Gasteiger partial charge in [-0.15, -0.1) is 11.3 Å². The number of rotatable bonds is 9. The molecule has 6 aliphatic carbocycles. The highest BCUT2D eigenvalue weighted by molar-refractivity contribution is 7.91. The van der Waals surface area contributed by atoms with Crippen molar-refractivity contribution in [3.05, 3.63) is 93.9 Å². The molecule has 0 saturated heterocycles. The van der Waals surface area contributed by atoms with Crippen molar-refractivity contribution in [3.8, 4) is 5.75 Å². The van der Waals surface area contributed by atoms with Gasteiger partial charge in [0.2, 0.25) is 0 Å². The zero-order valence-corrected chi connectivity index (χ0v) is 33.6. The third kappa shape index (κ3) is 7.10. The van der Waals surface area contributed by atoms with Crippen LogP contribution in [0.5, 0.6) is 5.75 Å². The first kappa shape index (κ1) is 38.5. The van der Waals surface area contributed by atoms with Crippen molar-refractivity contribution in [2.24, 2.45) is 28.6 Å². The lowest BCUT2D eigenvalue weighted by Gasteiger charge is -2.60. The molecule has 0 aliphatic heterocycles. The van der Waals surface area contributed by atoms with Crippen molar-refractivity contribution in [3.63, 3.8) is 0 Å². The van der Waals surface area contributed by atoms with Gasteiger partial charge in [0.05, 0.1) is 18.8 Å². The number of methoxy groups -OCH3 is 1. The molecule has 1 aromatic heterocycles. The van der Waals surface area contributed by atoms with E-state index < -0.39 is 27.1 Å². The molecule has 0 spiro atoms. The fourth-order valence-electron chi connectivity index (χ4n) is 10.6. The Balaban J connectivity index is 1.30. The minimum Gasteiger partial charge on any atom is -0.497 e. The SMILES string of the molecule is COc1ccc(C(=O)c2cc3ccc2C2CCC(O)(CN(CC4CCC5CC4C5(C)C)S(=O)(=O)c4cccs4)C2(C)CCC=C(C)CCC(O)C3)cc1. The first-order chi connectivity index (χ1) is 25.2. The molecule has 4 saturated carbocycles. The number of ether oxygens (including phenoxy) is 1. The van der Waals surface area contributed by atoms with Gasteiger partial charge >= 0.3 is 0 Å². The van der Waals surface area contributed by atoms with Gasteiger partial charge in [-0.05, 0) is 153 Å². The maximum atomic E-state index is 14.6. The Hall–Kier alpha value is -2.82. The maximum absolute atomic E-state index is 14.6. The van der Waals surface area contributed by atoms with Crippen LogP contribution < -0.4 is 4.74 Å². The van der Waals surface area contributed by atoms with Gasteiger partial charge in [-0.2, -0.15) is 4.31 Å². The third-order valence-electron chi connectivity index (χ3n) is 14.2. The number of hydrogen-bond acceptors (Lipinski definition) is 7. The lowest BCUT2D eigenvalue weighted by atomic mass is 9.45. The van der Waals surface area contributed by atoms with Gasteiger partial charge < -0.3 is 14.9 Å². The summed E-state index contributed by atoms with van der Waals surface area (Å²) in [6, 6.07) is 16.6. The standard InChI is InChI=1S/C44H57NO6S2/c1-29-8-6-21-43(4)38(36-19-11-30(24-34(46)16-10-29)25-37(36)41(47)31-13-17-35(51-5)18-14-31)20-22-44(43,48)28-45(53(49,50)40-9-7-23-52-40)27-32-12-15-33-26-39(32)42(33,2)3/h7-9,11,13-14,17-19,23,25,32-34,38-39,46,48H,6,10,12,15-16,20-22,24,26-28H2,1-5H3. The van der Waals surface area contributed by atoms with Crippen molar-refractivity contribution in [1.29, 1.82) is 0 Å². The molecule has 0 radical (unpaired) electrons. The number of aliphatic hydroxyl groups is 2. The number of benzene rings is 2. The number of hydrogen-bond donors (Lipinski definition) is 2. The summed E-state index contributed by atoms with van der Waals surface area (Å²) in [5.41, 5.74) is 2.21. The van der Waals surface area contributed by atoms with Gasteiger partial charge in [0, 0.05) is 29.6 Å². The number of ketones is 1. The summed E-state index contributed by atoms with van der Waals surface area (Å²) < 4.78 is 36.5. The van der Waals surface area contributed by atoms with Crippen LogP contribution in [0.2, 0.25) is 0 Å². The number of fused-ring (bicyclic) bond motifs is 10. The topological polar surface area (TPSA) is 104 Å². The fraction of sp³-hybridized carbons (Fsp3) is 0.568. The number of carbonyl (C=O) groups is 1. The predicted octanol–water partition coefficient (Wildman–Crippen LogP) is 8.79. The van der Waals surface area contributed by atoms with Crippen molar-refractivity contribution in [2.75, 3.05) is 20.2 Å². The van der Waals surface area contributed by atoms with Crippen LogP contribution in [-0.2, 0) is 16.4 Å². The molecular formula is C44H57NO6S2. The van der Waals surface area contributed by atoms with E-state index in [9.17, 15) is 23.4 Å². The van der Waals surface area contributed by atoms with E-state index in [4.69, 9.17) is 4.74 Å². The molecule has 6 aliphatic rings. The zero-order valence-electron chi connectivity index (χ0n) is 32.0. The Morgan fingerprint density at radius 1 is 1.02 bits per heavy atom. The van der Waals surface area contributed by atoms with Gasteiger partial charge in [0.15, 0.2) is 5.78 Å². The first-order valence-electron chi connectivity index (χ1n) is 19.6. The van der Waals surface area contributed by atoms with Crippen LogP contribution in [0.15, 0.2) is 75.8 Å². The molecule has 1 heterocycles. The zero-order chi connectivity index (χ0) is 37.8. The van der Waals surface area contributed by atoms with Crippen molar-refractivity contribution >= 4 is 27.1 Å². The molecule has 0 amide bonds. The minimum atomic E-state index is -3.87. The van der Waals surface area contributed by atoms with Gasteiger partial charge in [-0.3, -0.25) is 4.79 Å². The van der Waals surface area contributed by atoms with E-state index in [0.717, 1.165) is 36.8 Å². The van der Waals surface area contributed by atoms with Crippen molar-refractivity contribution < 1.29 is 28.2 Å². The Bertz CT molecular complexity index is 1930. The number of carbonyl (C=O) groups excluding carboxylic acids is 1. The van der Waals surface area contributed by atoms with E-state index in [-0.39, 0.29) is 29.6 Å². The number of nitrogens with zero attached hydrogens (tertiary/aromatic N) is 1. The highest BCUT2D eigenvalue weighted by Gasteiger charge is 2.59. The highest BCUT2D eigenvalue weighted by atomic mass is 32.2. The Labute approximate surface area is 320 Å².